The molecule has 20 heavy (non-hydrogen) atoms. The fourth-order valence-corrected chi connectivity index (χ4v) is 3.75. The van der Waals surface area contributed by atoms with Gasteiger partial charge in [0.25, 0.3) is 0 Å². The van der Waals surface area contributed by atoms with Crippen molar-refractivity contribution in [3.63, 3.8) is 0 Å². The molecule has 0 aliphatic carbocycles. The highest BCUT2D eigenvalue weighted by atomic mass is 32.2. The van der Waals surface area contributed by atoms with Gasteiger partial charge in [0, 0.05) is 24.2 Å². The smallest absolute Gasteiger partial charge is 0.241 e. The standard InChI is InChI=1S/C13H17N3O2S2/c1-10-3-4-11(6-14-2)5-13(10)20(17,18)16-8-12-7-15-9-19-12/h3-5,7,9,14,16H,6,8H2,1-2H3. The quantitative estimate of drug-likeness (QED) is 0.851. The van der Waals surface area contributed by atoms with Gasteiger partial charge in [0.05, 0.1) is 10.4 Å². The second-order valence-corrected chi connectivity index (χ2v) is 7.13. The van der Waals surface area contributed by atoms with Crippen LogP contribution in [0.4, 0.5) is 0 Å². The molecule has 0 bridgehead atoms. The van der Waals surface area contributed by atoms with Crippen LogP contribution in [0, 0.1) is 6.92 Å². The Morgan fingerprint density at radius 3 is 2.75 bits per heavy atom. The first-order chi connectivity index (χ1) is 9.53. The summed E-state index contributed by atoms with van der Waals surface area (Å²) in [6, 6.07) is 5.46. The zero-order valence-electron chi connectivity index (χ0n) is 11.4. The highest BCUT2D eigenvalue weighted by Crippen LogP contribution is 2.18. The molecule has 0 aliphatic heterocycles. The number of nitrogens with one attached hydrogen (secondary N) is 2. The number of sulfonamides is 1. The number of rotatable bonds is 6. The minimum atomic E-state index is -3.51. The van der Waals surface area contributed by atoms with Crippen LogP contribution in [0.25, 0.3) is 0 Å². The Morgan fingerprint density at radius 2 is 2.10 bits per heavy atom. The van der Waals surface area contributed by atoms with Gasteiger partial charge in [-0.15, -0.1) is 11.3 Å². The molecule has 5 nitrogen and oxygen atoms in total. The number of hydrogen-bond donors (Lipinski definition) is 2. The Kier molecular flexibility index (Phi) is 4.87. The van der Waals surface area contributed by atoms with E-state index in [4.69, 9.17) is 0 Å². The van der Waals surface area contributed by atoms with Gasteiger partial charge in [-0.2, -0.15) is 0 Å². The molecule has 2 N–H and O–H groups in total. The number of aryl methyl sites for hydroxylation is 1. The van der Waals surface area contributed by atoms with E-state index in [1.165, 1.54) is 11.3 Å². The number of aromatic nitrogens is 1. The molecule has 1 aromatic carbocycles. The number of benzene rings is 1. The van der Waals surface area contributed by atoms with Crippen molar-refractivity contribution in [2.24, 2.45) is 0 Å². The lowest BCUT2D eigenvalue weighted by Crippen LogP contribution is -2.24. The highest BCUT2D eigenvalue weighted by Gasteiger charge is 2.17. The van der Waals surface area contributed by atoms with Gasteiger partial charge in [0.2, 0.25) is 10.0 Å². The SMILES string of the molecule is CNCc1ccc(C)c(S(=O)(=O)NCc2cncs2)c1. The maximum absolute atomic E-state index is 12.4. The molecule has 2 aromatic rings. The van der Waals surface area contributed by atoms with Gasteiger partial charge < -0.3 is 5.32 Å². The Morgan fingerprint density at radius 1 is 1.30 bits per heavy atom. The molecular weight excluding hydrogens is 294 g/mol. The molecule has 0 amide bonds. The summed E-state index contributed by atoms with van der Waals surface area (Å²) in [6.07, 6.45) is 1.66. The van der Waals surface area contributed by atoms with Crippen LogP contribution in [0.5, 0.6) is 0 Å². The fraction of sp³-hybridized carbons (Fsp3) is 0.308. The van der Waals surface area contributed by atoms with Crippen LogP contribution in [0.15, 0.2) is 34.8 Å². The summed E-state index contributed by atoms with van der Waals surface area (Å²) >= 11 is 1.43. The summed E-state index contributed by atoms with van der Waals surface area (Å²) < 4.78 is 27.3. The molecule has 108 valence electrons. The molecule has 0 aliphatic rings. The molecule has 1 heterocycles. The maximum atomic E-state index is 12.4. The fourth-order valence-electron chi connectivity index (χ4n) is 1.82. The van der Waals surface area contributed by atoms with Crippen molar-refractivity contribution in [3.05, 3.63) is 45.9 Å². The lowest BCUT2D eigenvalue weighted by molar-refractivity contribution is 0.581. The van der Waals surface area contributed by atoms with E-state index in [-0.39, 0.29) is 6.54 Å². The third-order valence-electron chi connectivity index (χ3n) is 2.84. The van der Waals surface area contributed by atoms with Gasteiger partial charge in [0.15, 0.2) is 0 Å². The number of thiazole rings is 1. The summed E-state index contributed by atoms with van der Waals surface area (Å²) in [5.41, 5.74) is 3.36. The van der Waals surface area contributed by atoms with E-state index in [2.05, 4.69) is 15.0 Å². The second-order valence-electron chi connectivity index (χ2n) is 4.42. The van der Waals surface area contributed by atoms with E-state index in [9.17, 15) is 8.42 Å². The van der Waals surface area contributed by atoms with Crippen molar-refractivity contribution >= 4 is 21.4 Å². The minimum absolute atomic E-state index is 0.267. The average Bonchev–Trinajstić information content (AvgIpc) is 2.92. The first-order valence-electron chi connectivity index (χ1n) is 6.14. The summed E-state index contributed by atoms with van der Waals surface area (Å²) in [4.78, 5) is 5.14. The van der Waals surface area contributed by atoms with Crippen LogP contribution in [-0.2, 0) is 23.1 Å². The molecule has 0 saturated heterocycles. The minimum Gasteiger partial charge on any atom is -0.316 e. The first-order valence-corrected chi connectivity index (χ1v) is 8.50. The van der Waals surface area contributed by atoms with Crippen LogP contribution >= 0.6 is 11.3 Å². The van der Waals surface area contributed by atoms with Gasteiger partial charge in [0.1, 0.15) is 0 Å². The van der Waals surface area contributed by atoms with Crippen molar-refractivity contribution in [1.29, 1.82) is 0 Å². The topological polar surface area (TPSA) is 71.1 Å². The van der Waals surface area contributed by atoms with Gasteiger partial charge >= 0.3 is 0 Å². The van der Waals surface area contributed by atoms with Crippen LogP contribution in [0.1, 0.15) is 16.0 Å². The third kappa shape index (κ3) is 3.63. The molecule has 0 unspecified atom stereocenters. The maximum Gasteiger partial charge on any atom is 0.241 e. The molecule has 0 spiro atoms. The lowest BCUT2D eigenvalue weighted by atomic mass is 10.1. The van der Waals surface area contributed by atoms with Gasteiger partial charge in [-0.1, -0.05) is 12.1 Å². The first kappa shape index (κ1) is 15.1. The van der Waals surface area contributed by atoms with E-state index in [0.717, 1.165) is 16.0 Å². The Labute approximate surface area is 123 Å². The van der Waals surface area contributed by atoms with E-state index in [0.29, 0.717) is 11.4 Å². The normalized spacial score (nSPS) is 11.7. The zero-order chi connectivity index (χ0) is 14.6. The molecule has 2 rings (SSSR count). The molecule has 7 heteroatoms. The van der Waals surface area contributed by atoms with E-state index in [1.807, 2.05) is 19.2 Å². The van der Waals surface area contributed by atoms with E-state index < -0.39 is 10.0 Å². The average molecular weight is 311 g/mol. The molecule has 1 aromatic heterocycles. The van der Waals surface area contributed by atoms with Gasteiger partial charge in [-0.3, -0.25) is 4.98 Å². The molecule has 0 fully saturated rings. The van der Waals surface area contributed by atoms with E-state index >= 15 is 0 Å². The van der Waals surface area contributed by atoms with Crippen LogP contribution in [0.3, 0.4) is 0 Å². The third-order valence-corrected chi connectivity index (χ3v) is 5.17. The lowest BCUT2D eigenvalue weighted by Gasteiger charge is -2.10. The monoisotopic (exact) mass is 311 g/mol. The summed E-state index contributed by atoms with van der Waals surface area (Å²) in [7, 11) is -1.68. The molecular formula is C13H17N3O2S2. The Bertz CT molecular complexity index is 667. The molecule has 0 radical (unpaired) electrons. The van der Waals surface area contributed by atoms with Crippen molar-refractivity contribution in [2.45, 2.75) is 24.9 Å². The molecule has 0 atom stereocenters. The van der Waals surface area contributed by atoms with Gasteiger partial charge in [-0.05, 0) is 31.2 Å². The number of hydrogen-bond acceptors (Lipinski definition) is 5. The van der Waals surface area contributed by atoms with Crippen LogP contribution < -0.4 is 10.0 Å². The van der Waals surface area contributed by atoms with E-state index in [1.54, 1.807) is 24.7 Å². The van der Waals surface area contributed by atoms with Gasteiger partial charge in [-0.25, -0.2) is 13.1 Å². The predicted molar refractivity (Wildman–Crippen MR) is 80.1 cm³/mol. The van der Waals surface area contributed by atoms with Crippen LogP contribution in [0.2, 0.25) is 0 Å². The Balaban J connectivity index is 2.21. The largest absolute Gasteiger partial charge is 0.316 e. The predicted octanol–water partition coefficient (Wildman–Crippen LogP) is 1.65. The van der Waals surface area contributed by atoms with Crippen molar-refractivity contribution in [3.8, 4) is 0 Å². The van der Waals surface area contributed by atoms with Crippen molar-refractivity contribution in [2.75, 3.05) is 7.05 Å². The Hall–Kier alpha value is -1.28. The number of nitrogens with zero attached hydrogens (tertiary/aromatic N) is 1. The zero-order valence-corrected chi connectivity index (χ0v) is 13.0. The van der Waals surface area contributed by atoms with Crippen molar-refractivity contribution < 1.29 is 8.42 Å². The second kappa shape index (κ2) is 6.45. The van der Waals surface area contributed by atoms with Crippen molar-refractivity contribution in [1.82, 2.24) is 15.0 Å². The molecule has 0 saturated carbocycles. The summed E-state index contributed by atoms with van der Waals surface area (Å²) in [5, 5.41) is 3.01. The summed E-state index contributed by atoms with van der Waals surface area (Å²) in [5.74, 6) is 0. The highest BCUT2D eigenvalue weighted by molar-refractivity contribution is 7.89. The summed E-state index contributed by atoms with van der Waals surface area (Å²) in [6.45, 7) is 2.70. The van der Waals surface area contributed by atoms with Crippen LogP contribution in [-0.4, -0.2) is 20.4 Å².